The van der Waals surface area contributed by atoms with Crippen LogP contribution in [0.4, 0.5) is 17.6 Å². The van der Waals surface area contributed by atoms with Gasteiger partial charge < -0.3 is 10.1 Å². The number of hydrogen-bond acceptors (Lipinski definition) is 3. The summed E-state index contributed by atoms with van der Waals surface area (Å²) in [6, 6.07) is 6.53. The Morgan fingerprint density at radius 2 is 2.04 bits per heavy atom. The summed E-state index contributed by atoms with van der Waals surface area (Å²) in [7, 11) is 0. The topological polar surface area (TPSA) is 67.0 Å². The zero-order chi connectivity index (χ0) is 19.9. The van der Waals surface area contributed by atoms with E-state index in [1.54, 1.807) is 6.20 Å². The summed E-state index contributed by atoms with van der Waals surface area (Å²) < 4.78 is 54.1. The number of nitrogens with one attached hydrogen (secondary N) is 2. The first-order valence-corrected chi connectivity index (χ1v) is 8.60. The molecule has 2 N–H and O–H groups in total. The lowest BCUT2D eigenvalue weighted by Crippen LogP contribution is -2.24. The third kappa shape index (κ3) is 3.78. The molecule has 0 unspecified atom stereocenters. The number of alkyl halides is 3. The standard InChI is InChI=1S/C19H15F4N3O2/c20-15-7-11(3-6-17(15)28-19(21,22)23)18(27)24-8-13-12(10-1-2-10)4-5-16-14(13)9-25-26-16/h3-7,9-10H,1-2,8H2,(H,24,27)(H,25,26). The molecule has 0 saturated heterocycles. The van der Waals surface area contributed by atoms with E-state index in [4.69, 9.17) is 0 Å². The van der Waals surface area contributed by atoms with Crippen LogP contribution in [0.1, 0.15) is 40.2 Å². The third-order valence-corrected chi connectivity index (χ3v) is 4.63. The summed E-state index contributed by atoms with van der Waals surface area (Å²) in [5.74, 6) is -2.40. The molecule has 0 aliphatic heterocycles. The van der Waals surface area contributed by atoms with Crippen molar-refractivity contribution < 1.29 is 27.1 Å². The first kappa shape index (κ1) is 18.3. The van der Waals surface area contributed by atoms with Gasteiger partial charge in [-0.1, -0.05) is 6.07 Å². The number of halogens is 4. The molecule has 0 radical (unpaired) electrons. The van der Waals surface area contributed by atoms with E-state index in [1.165, 1.54) is 0 Å². The molecular weight excluding hydrogens is 378 g/mol. The Morgan fingerprint density at radius 1 is 1.25 bits per heavy atom. The highest BCUT2D eigenvalue weighted by Gasteiger charge is 2.32. The normalized spacial score (nSPS) is 14.3. The summed E-state index contributed by atoms with van der Waals surface area (Å²) in [6.07, 6.45) is -1.16. The minimum absolute atomic E-state index is 0.0978. The number of benzene rings is 2. The molecule has 1 amide bonds. The van der Waals surface area contributed by atoms with Gasteiger partial charge in [-0.2, -0.15) is 5.10 Å². The van der Waals surface area contributed by atoms with Gasteiger partial charge in [0.15, 0.2) is 11.6 Å². The second-order valence-electron chi connectivity index (χ2n) is 6.61. The lowest BCUT2D eigenvalue weighted by Gasteiger charge is -2.13. The minimum atomic E-state index is -5.01. The fraction of sp³-hybridized carbons (Fsp3) is 0.263. The van der Waals surface area contributed by atoms with Gasteiger partial charge in [0.1, 0.15) is 0 Å². The predicted molar refractivity (Wildman–Crippen MR) is 92.3 cm³/mol. The molecule has 2 aromatic carbocycles. The molecule has 0 bridgehead atoms. The maximum Gasteiger partial charge on any atom is 0.573 e. The third-order valence-electron chi connectivity index (χ3n) is 4.63. The first-order valence-electron chi connectivity index (χ1n) is 8.60. The molecule has 4 rings (SSSR count). The number of fused-ring (bicyclic) bond motifs is 1. The van der Waals surface area contributed by atoms with Crippen LogP contribution in [-0.2, 0) is 6.54 Å². The average molecular weight is 393 g/mol. The van der Waals surface area contributed by atoms with Crippen molar-refractivity contribution in [3.05, 3.63) is 59.0 Å². The van der Waals surface area contributed by atoms with Gasteiger partial charge >= 0.3 is 6.36 Å². The van der Waals surface area contributed by atoms with Crippen molar-refractivity contribution in [3.63, 3.8) is 0 Å². The van der Waals surface area contributed by atoms with E-state index >= 15 is 0 Å². The van der Waals surface area contributed by atoms with Crippen molar-refractivity contribution in [1.29, 1.82) is 0 Å². The van der Waals surface area contributed by atoms with Crippen molar-refractivity contribution in [2.45, 2.75) is 31.7 Å². The van der Waals surface area contributed by atoms with Crippen LogP contribution in [-0.4, -0.2) is 22.5 Å². The second-order valence-corrected chi connectivity index (χ2v) is 6.61. The zero-order valence-corrected chi connectivity index (χ0v) is 14.4. The van der Waals surface area contributed by atoms with Crippen LogP contribution in [0.25, 0.3) is 10.9 Å². The molecule has 1 aromatic heterocycles. The van der Waals surface area contributed by atoms with Gasteiger partial charge in [0.05, 0.1) is 11.7 Å². The number of H-pyrrole nitrogens is 1. The fourth-order valence-corrected chi connectivity index (χ4v) is 3.19. The van der Waals surface area contributed by atoms with Crippen molar-refractivity contribution in [2.75, 3.05) is 0 Å². The zero-order valence-electron chi connectivity index (χ0n) is 14.4. The van der Waals surface area contributed by atoms with Gasteiger partial charge in [-0.05, 0) is 54.2 Å². The number of aromatic amines is 1. The largest absolute Gasteiger partial charge is 0.573 e. The summed E-state index contributed by atoms with van der Waals surface area (Å²) >= 11 is 0. The molecule has 28 heavy (non-hydrogen) atoms. The summed E-state index contributed by atoms with van der Waals surface area (Å²) in [4.78, 5) is 12.4. The van der Waals surface area contributed by atoms with Crippen LogP contribution in [0.15, 0.2) is 36.5 Å². The van der Waals surface area contributed by atoms with Crippen molar-refractivity contribution >= 4 is 16.8 Å². The number of carbonyl (C=O) groups excluding carboxylic acids is 1. The number of amides is 1. The molecule has 5 nitrogen and oxygen atoms in total. The minimum Gasteiger partial charge on any atom is -0.403 e. The van der Waals surface area contributed by atoms with E-state index in [0.29, 0.717) is 5.92 Å². The molecule has 0 spiro atoms. The summed E-state index contributed by atoms with van der Waals surface area (Å²) in [5, 5.41) is 10.5. The highest BCUT2D eigenvalue weighted by atomic mass is 19.4. The molecule has 3 aromatic rings. The van der Waals surface area contributed by atoms with Gasteiger partial charge in [0.2, 0.25) is 0 Å². The Bertz CT molecular complexity index is 1040. The monoisotopic (exact) mass is 393 g/mol. The molecule has 9 heteroatoms. The van der Waals surface area contributed by atoms with E-state index in [1.807, 2.05) is 12.1 Å². The summed E-state index contributed by atoms with van der Waals surface area (Å²) in [6.45, 7) is 0.198. The van der Waals surface area contributed by atoms with E-state index in [0.717, 1.165) is 53.1 Å². The second kappa shape index (κ2) is 6.81. The van der Waals surface area contributed by atoms with E-state index < -0.39 is 23.8 Å². The molecule has 146 valence electrons. The highest BCUT2D eigenvalue weighted by Crippen LogP contribution is 2.43. The SMILES string of the molecule is O=C(NCc1c(C2CC2)ccc2[nH]ncc12)c1ccc(OC(F)(F)F)c(F)c1. The number of carbonyl (C=O) groups is 1. The number of hydrogen-bond donors (Lipinski definition) is 2. The van der Waals surface area contributed by atoms with Crippen LogP contribution >= 0.6 is 0 Å². The maximum atomic E-state index is 13.8. The predicted octanol–water partition coefficient (Wildman–Crippen LogP) is 4.41. The van der Waals surface area contributed by atoms with E-state index in [9.17, 15) is 22.4 Å². The van der Waals surface area contributed by atoms with Crippen molar-refractivity contribution in [2.24, 2.45) is 0 Å². The summed E-state index contributed by atoms with van der Waals surface area (Å²) in [5.41, 5.74) is 2.81. The van der Waals surface area contributed by atoms with Gasteiger partial charge in [-0.15, -0.1) is 13.2 Å². The lowest BCUT2D eigenvalue weighted by molar-refractivity contribution is -0.275. The lowest BCUT2D eigenvalue weighted by atomic mass is 9.99. The quantitative estimate of drug-likeness (QED) is 0.631. The Kier molecular flexibility index (Phi) is 4.44. The van der Waals surface area contributed by atoms with Crippen molar-refractivity contribution in [3.8, 4) is 5.75 Å². The van der Waals surface area contributed by atoms with E-state index in [2.05, 4.69) is 20.3 Å². The highest BCUT2D eigenvalue weighted by molar-refractivity contribution is 5.94. The molecule has 1 aliphatic rings. The number of ether oxygens (including phenoxy) is 1. The average Bonchev–Trinajstić information content (AvgIpc) is 3.36. The Balaban J connectivity index is 1.52. The Morgan fingerprint density at radius 3 is 2.71 bits per heavy atom. The number of aromatic nitrogens is 2. The molecule has 1 aliphatic carbocycles. The molecule has 1 saturated carbocycles. The van der Waals surface area contributed by atoms with Crippen LogP contribution in [0, 0.1) is 5.82 Å². The van der Waals surface area contributed by atoms with Crippen LogP contribution in [0.3, 0.4) is 0 Å². The van der Waals surface area contributed by atoms with Gasteiger partial charge in [-0.3, -0.25) is 9.89 Å². The maximum absolute atomic E-state index is 13.8. The molecular formula is C19H15F4N3O2. The fourth-order valence-electron chi connectivity index (χ4n) is 3.19. The smallest absolute Gasteiger partial charge is 0.403 e. The Hall–Kier alpha value is -3.10. The Labute approximate surface area is 156 Å². The van der Waals surface area contributed by atoms with Gasteiger partial charge in [-0.25, -0.2) is 4.39 Å². The number of nitrogens with zero attached hydrogens (tertiary/aromatic N) is 1. The number of rotatable bonds is 5. The molecule has 1 fully saturated rings. The molecule has 1 heterocycles. The van der Waals surface area contributed by atoms with E-state index in [-0.39, 0.29) is 12.1 Å². The van der Waals surface area contributed by atoms with Crippen LogP contribution in [0.2, 0.25) is 0 Å². The first-order chi connectivity index (χ1) is 13.3. The van der Waals surface area contributed by atoms with Gasteiger partial charge in [0, 0.05) is 17.5 Å². The van der Waals surface area contributed by atoms with Crippen LogP contribution < -0.4 is 10.1 Å². The van der Waals surface area contributed by atoms with Crippen molar-refractivity contribution in [1.82, 2.24) is 15.5 Å². The van der Waals surface area contributed by atoms with Crippen LogP contribution in [0.5, 0.6) is 5.75 Å². The van der Waals surface area contributed by atoms with Gasteiger partial charge in [0.25, 0.3) is 5.91 Å². The molecule has 0 atom stereocenters.